The van der Waals surface area contributed by atoms with Crippen molar-refractivity contribution in [1.29, 1.82) is 0 Å². The summed E-state index contributed by atoms with van der Waals surface area (Å²) >= 11 is 0. The molecule has 0 aromatic carbocycles. The van der Waals surface area contributed by atoms with Crippen molar-refractivity contribution in [1.82, 2.24) is 0 Å². The zero-order chi connectivity index (χ0) is 22.0. The number of hydrogen-bond acceptors (Lipinski definition) is 4. The Morgan fingerprint density at radius 2 is 1.17 bits per heavy atom. The number of esters is 1. The van der Waals surface area contributed by atoms with Gasteiger partial charge in [-0.2, -0.15) is 0 Å². The van der Waals surface area contributed by atoms with E-state index in [1.54, 1.807) is 0 Å². The Morgan fingerprint density at radius 3 is 1.52 bits per heavy atom. The summed E-state index contributed by atoms with van der Waals surface area (Å²) in [7, 11) is 0. The van der Waals surface area contributed by atoms with Crippen molar-refractivity contribution in [2.45, 2.75) is 142 Å². The fourth-order valence-electron chi connectivity index (χ4n) is 3.68. The van der Waals surface area contributed by atoms with Gasteiger partial charge < -0.3 is 14.9 Å². The third-order valence-electron chi connectivity index (χ3n) is 5.46. The average Bonchev–Trinajstić information content (AvgIpc) is 2.64. The maximum Gasteiger partial charge on any atom is 0.347 e. The van der Waals surface area contributed by atoms with Crippen LogP contribution in [-0.2, 0) is 14.3 Å². The summed E-state index contributed by atoms with van der Waals surface area (Å²) in [5.41, 5.74) is -1.65. The lowest BCUT2D eigenvalue weighted by Crippen LogP contribution is -2.42. The maximum atomic E-state index is 11.9. The number of hydrogen-bond donors (Lipinski definition) is 2. The van der Waals surface area contributed by atoms with Gasteiger partial charge in [-0.1, -0.05) is 96.8 Å². The molecule has 0 fully saturated rings. The van der Waals surface area contributed by atoms with Crippen LogP contribution < -0.4 is 0 Å². The molecule has 2 unspecified atom stereocenters. The fourth-order valence-corrected chi connectivity index (χ4v) is 3.68. The molecule has 0 radical (unpaired) electrons. The zero-order valence-corrected chi connectivity index (χ0v) is 19.2. The number of carboxylic acids is 1. The normalized spacial score (nSPS) is 14.3. The summed E-state index contributed by atoms with van der Waals surface area (Å²) in [5.74, 6) is -1.71. The Morgan fingerprint density at radius 1 is 0.793 bits per heavy atom. The highest BCUT2D eigenvalue weighted by atomic mass is 16.6. The van der Waals surface area contributed by atoms with Gasteiger partial charge in [0.1, 0.15) is 0 Å². The number of carboxylic acid groups (broad SMARTS) is 1. The van der Waals surface area contributed by atoms with Crippen LogP contribution in [0.3, 0.4) is 0 Å². The molecule has 0 saturated heterocycles. The molecule has 0 heterocycles. The molecule has 0 rings (SSSR count). The van der Waals surface area contributed by atoms with Gasteiger partial charge in [0.15, 0.2) is 0 Å². The lowest BCUT2D eigenvalue weighted by Gasteiger charge is -2.26. The van der Waals surface area contributed by atoms with Gasteiger partial charge in [-0.3, -0.25) is 4.79 Å². The zero-order valence-electron chi connectivity index (χ0n) is 19.2. The van der Waals surface area contributed by atoms with Crippen LogP contribution in [-0.4, -0.2) is 33.9 Å². The third-order valence-corrected chi connectivity index (χ3v) is 5.46. The number of carbonyl (C=O) groups excluding carboxylic acids is 1. The van der Waals surface area contributed by atoms with Crippen LogP contribution in [0, 0.1) is 0 Å². The number of aliphatic hydroxyl groups excluding tert-OH is 1. The fraction of sp³-hybridized carbons (Fsp3) is 0.917. The van der Waals surface area contributed by atoms with Crippen molar-refractivity contribution in [3.8, 4) is 0 Å². The molecular weight excluding hydrogens is 368 g/mol. The molecule has 5 nitrogen and oxygen atoms in total. The Balaban J connectivity index is 3.54. The van der Waals surface area contributed by atoms with E-state index in [4.69, 9.17) is 4.74 Å². The van der Waals surface area contributed by atoms with Crippen molar-refractivity contribution in [3.05, 3.63) is 0 Å². The van der Waals surface area contributed by atoms with Crippen LogP contribution in [0.2, 0.25) is 0 Å². The van der Waals surface area contributed by atoms with Gasteiger partial charge in [-0.05, 0) is 20.3 Å². The second kappa shape index (κ2) is 17.7. The topological polar surface area (TPSA) is 83.8 Å². The number of carbonyl (C=O) groups is 2. The SMILES string of the molecule is CCCCCCCCCCCCCCCCCC(=O)OC(C)(CC(C)O)C(=O)O. The molecule has 0 aromatic heterocycles. The van der Waals surface area contributed by atoms with E-state index in [-0.39, 0.29) is 12.8 Å². The summed E-state index contributed by atoms with van der Waals surface area (Å²) < 4.78 is 5.13. The van der Waals surface area contributed by atoms with E-state index in [0.717, 1.165) is 19.3 Å². The number of ether oxygens (including phenoxy) is 1. The van der Waals surface area contributed by atoms with E-state index in [9.17, 15) is 19.8 Å². The third kappa shape index (κ3) is 16.4. The molecule has 5 heteroatoms. The lowest BCUT2D eigenvalue weighted by atomic mass is 9.99. The van der Waals surface area contributed by atoms with Crippen LogP contribution in [0.1, 0.15) is 130 Å². The summed E-state index contributed by atoms with van der Waals surface area (Å²) in [6.07, 6.45) is 18.2. The molecule has 29 heavy (non-hydrogen) atoms. The molecule has 0 bridgehead atoms. The summed E-state index contributed by atoms with van der Waals surface area (Å²) in [4.78, 5) is 23.2. The molecule has 0 aromatic rings. The molecular formula is C24H46O5. The average molecular weight is 415 g/mol. The second-order valence-electron chi connectivity index (χ2n) is 8.76. The summed E-state index contributed by atoms with van der Waals surface area (Å²) in [5, 5.41) is 18.7. The molecule has 172 valence electrons. The van der Waals surface area contributed by atoms with E-state index in [2.05, 4.69) is 6.92 Å². The number of rotatable bonds is 20. The Bertz CT molecular complexity index is 421. The smallest absolute Gasteiger partial charge is 0.347 e. The Hall–Kier alpha value is -1.10. The first-order chi connectivity index (χ1) is 13.8. The van der Waals surface area contributed by atoms with Crippen molar-refractivity contribution in [2.24, 2.45) is 0 Å². The van der Waals surface area contributed by atoms with Crippen LogP contribution in [0.5, 0.6) is 0 Å². The minimum absolute atomic E-state index is 0.104. The first kappa shape index (κ1) is 27.9. The van der Waals surface area contributed by atoms with Crippen LogP contribution in [0.25, 0.3) is 0 Å². The summed E-state index contributed by atoms with van der Waals surface area (Å²) in [6.45, 7) is 5.09. The Kier molecular flexibility index (Phi) is 17.1. The van der Waals surface area contributed by atoms with Gasteiger partial charge in [0.25, 0.3) is 0 Å². The number of unbranched alkanes of at least 4 members (excludes halogenated alkanes) is 14. The van der Waals surface area contributed by atoms with E-state index in [1.807, 2.05) is 0 Å². The minimum atomic E-state index is -1.65. The van der Waals surface area contributed by atoms with Crippen molar-refractivity contribution in [2.75, 3.05) is 0 Å². The monoisotopic (exact) mass is 414 g/mol. The van der Waals surface area contributed by atoms with Gasteiger partial charge in [0.05, 0.1) is 6.10 Å². The second-order valence-corrected chi connectivity index (χ2v) is 8.76. The largest absolute Gasteiger partial charge is 0.478 e. The molecule has 0 saturated carbocycles. The number of aliphatic hydroxyl groups is 1. The quantitative estimate of drug-likeness (QED) is 0.178. The van der Waals surface area contributed by atoms with Crippen molar-refractivity contribution in [3.63, 3.8) is 0 Å². The predicted molar refractivity (Wildman–Crippen MR) is 118 cm³/mol. The van der Waals surface area contributed by atoms with Crippen LogP contribution >= 0.6 is 0 Å². The first-order valence-corrected chi connectivity index (χ1v) is 11.9. The van der Waals surface area contributed by atoms with Gasteiger partial charge in [-0.15, -0.1) is 0 Å². The molecule has 2 atom stereocenters. The lowest BCUT2D eigenvalue weighted by molar-refractivity contribution is -0.179. The van der Waals surface area contributed by atoms with Crippen molar-refractivity contribution >= 4 is 11.9 Å². The van der Waals surface area contributed by atoms with E-state index < -0.39 is 23.6 Å². The maximum absolute atomic E-state index is 11.9. The van der Waals surface area contributed by atoms with Gasteiger partial charge >= 0.3 is 11.9 Å². The molecule has 2 N–H and O–H groups in total. The predicted octanol–water partition coefficient (Wildman–Crippen LogP) is 6.41. The minimum Gasteiger partial charge on any atom is -0.478 e. The van der Waals surface area contributed by atoms with Crippen LogP contribution in [0.4, 0.5) is 0 Å². The Labute approximate surface area is 178 Å². The summed E-state index contributed by atoms with van der Waals surface area (Å²) in [6, 6.07) is 0. The van der Waals surface area contributed by atoms with Crippen molar-refractivity contribution < 1.29 is 24.5 Å². The molecule has 0 aliphatic rings. The van der Waals surface area contributed by atoms with Gasteiger partial charge in [-0.25, -0.2) is 4.79 Å². The molecule has 0 amide bonds. The molecule has 0 spiro atoms. The standard InChI is InChI=1S/C24H46O5/c1-4-5-6-7-8-9-10-11-12-13-14-15-16-17-18-19-22(26)29-24(3,23(27)28)20-21(2)25/h21,25H,4-20H2,1-3H3,(H,27,28). The highest BCUT2D eigenvalue weighted by Gasteiger charge is 2.38. The van der Waals surface area contributed by atoms with Gasteiger partial charge in [0.2, 0.25) is 5.60 Å². The highest BCUT2D eigenvalue weighted by molar-refractivity contribution is 5.81. The first-order valence-electron chi connectivity index (χ1n) is 11.9. The van der Waals surface area contributed by atoms with E-state index >= 15 is 0 Å². The number of aliphatic carboxylic acids is 1. The highest BCUT2D eigenvalue weighted by Crippen LogP contribution is 2.20. The van der Waals surface area contributed by atoms with Crippen LogP contribution in [0.15, 0.2) is 0 Å². The van der Waals surface area contributed by atoms with Gasteiger partial charge in [0, 0.05) is 12.8 Å². The molecule has 0 aliphatic heterocycles. The molecule has 0 aliphatic carbocycles. The van der Waals surface area contributed by atoms with E-state index in [1.165, 1.54) is 90.9 Å². The van der Waals surface area contributed by atoms with E-state index in [0.29, 0.717) is 0 Å².